The maximum Gasteiger partial charge on any atom is 0.416 e. The largest absolute Gasteiger partial charge is 0.416 e. The highest BCUT2D eigenvalue weighted by molar-refractivity contribution is 5.96. The van der Waals surface area contributed by atoms with Crippen LogP contribution >= 0.6 is 0 Å². The average Bonchev–Trinajstić information content (AvgIpc) is 3.33. The molecule has 3 N–H and O–H groups in total. The number of amides is 2. The molecule has 2 aromatic rings. The van der Waals surface area contributed by atoms with Crippen LogP contribution in [0.2, 0.25) is 0 Å². The van der Waals surface area contributed by atoms with Gasteiger partial charge in [-0.25, -0.2) is 0 Å². The number of carbonyl (C=O) groups excluding carboxylic acids is 2. The fourth-order valence-electron chi connectivity index (χ4n) is 5.57. The molecule has 4 rings (SSSR count). The van der Waals surface area contributed by atoms with E-state index in [4.69, 9.17) is 10.00 Å². The number of ether oxygens (including phenoxy) is 1. The lowest BCUT2D eigenvalue weighted by Crippen LogP contribution is -2.48. The van der Waals surface area contributed by atoms with Gasteiger partial charge in [0.05, 0.1) is 41.5 Å². The monoisotopic (exact) mass is 558 g/mol. The third kappa shape index (κ3) is 6.99. The summed E-state index contributed by atoms with van der Waals surface area (Å²) in [4.78, 5) is 27.3. The molecular weight excluding hydrogens is 525 g/mol. The summed E-state index contributed by atoms with van der Waals surface area (Å²) in [5.41, 5.74) is -0.720. The zero-order valence-corrected chi connectivity index (χ0v) is 22.2. The highest BCUT2D eigenvalue weighted by atomic mass is 19.4. The molecule has 1 aliphatic carbocycles. The summed E-state index contributed by atoms with van der Waals surface area (Å²) < 4.78 is 44.7. The first-order valence-electron chi connectivity index (χ1n) is 13.4. The van der Waals surface area contributed by atoms with E-state index in [-0.39, 0.29) is 30.3 Å². The van der Waals surface area contributed by atoms with E-state index in [9.17, 15) is 27.9 Å². The van der Waals surface area contributed by atoms with Gasteiger partial charge in [0.25, 0.3) is 5.91 Å². The number of carbonyl (C=O) groups is 2. The van der Waals surface area contributed by atoms with Gasteiger partial charge in [-0.1, -0.05) is 18.2 Å². The van der Waals surface area contributed by atoms with Crippen LogP contribution in [0.25, 0.3) is 0 Å². The minimum atomic E-state index is -4.57. The molecule has 0 spiro atoms. The summed E-state index contributed by atoms with van der Waals surface area (Å²) in [6.45, 7) is 3.09. The molecule has 1 heterocycles. The normalized spacial score (nSPS) is 25.2. The number of aliphatic hydroxyl groups is 1. The van der Waals surface area contributed by atoms with Crippen molar-refractivity contribution in [2.24, 2.45) is 0 Å². The van der Waals surface area contributed by atoms with Crippen LogP contribution in [-0.4, -0.2) is 66.2 Å². The second-order valence-electron chi connectivity index (χ2n) is 10.3. The minimum absolute atomic E-state index is 0.180. The Hall–Kier alpha value is -3.46. The molecule has 2 aliphatic rings. The van der Waals surface area contributed by atoms with E-state index in [1.807, 2.05) is 6.92 Å². The van der Waals surface area contributed by atoms with Crippen molar-refractivity contribution >= 4 is 11.8 Å². The number of benzene rings is 2. The molecule has 0 radical (unpaired) electrons. The van der Waals surface area contributed by atoms with Crippen molar-refractivity contribution in [1.29, 1.82) is 5.26 Å². The lowest BCUT2D eigenvalue weighted by Gasteiger charge is -2.40. The van der Waals surface area contributed by atoms with E-state index in [1.165, 1.54) is 6.07 Å². The Bertz CT molecular complexity index is 1240. The van der Waals surface area contributed by atoms with Crippen molar-refractivity contribution in [1.82, 2.24) is 15.5 Å². The highest BCUT2D eigenvalue weighted by Crippen LogP contribution is 2.39. The number of nitrogens with zero attached hydrogens (tertiary/aromatic N) is 2. The van der Waals surface area contributed by atoms with Crippen molar-refractivity contribution in [3.05, 3.63) is 70.8 Å². The summed E-state index contributed by atoms with van der Waals surface area (Å²) in [7, 11) is 0. The number of likely N-dealkylation sites (tertiary alicyclic amines) is 1. The van der Waals surface area contributed by atoms with Crippen LogP contribution in [-0.2, 0) is 21.3 Å². The first-order chi connectivity index (χ1) is 19.0. The second kappa shape index (κ2) is 12.4. The predicted octanol–water partition coefficient (Wildman–Crippen LogP) is 3.34. The molecule has 11 heteroatoms. The van der Waals surface area contributed by atoms with Gasteiger partial charge < -0.3 is 20.5 Å². The van der Waals surface area contributed by atoms with E-state index in [2.05, 4.69) is 21.6 Å². The van der Waals surface area contributed by atoms with Crippen molar-refractivity contribution < 1.29 is 32.6 Å². The lowest BCUT2D eigenvalue weighted by molar-refractivity contribution is -0.137. The molecular formula is C29H33F3N4O4. The maximum atomic E-state index is 12.9. The molecule has 1 unspecified atom stereocenters. The smallest absolute Gasteiger partial charge is 0.385 e. The molecule has 214 valence electrons. The van der Waals surface area contributed by atoms with E-state index in [0.717, 1.165) is 36.6 Å². The molecule has 0 bridgehead atoms. The van der Waals surface area contributed by atoms with Crippen molar-refractivity contribution in [3.8, 4) is 6.07 Å². The van der Waals surface area contributed by atoms with E-state index < -0.39 is 29.2 Å². The van der Waals surface area contributed by atoms with Gasteiger partial charge in [-0.2, -0.15) is 18.4 Å². The van der Waals surface area contributed by atoms with Gasteiger partial charge in [0.1, 0.15) is 0 Å². The average molecular weight is 559 g/mol. The second-order valence-corrected chi connectivity index (χ2v) is 10.3. The first-order valence-corrected chi connectivity index (χ1v) is 13.4. The molecule has 2 aromatic carbocycles. The van der Waals surface area contributed by atoms with Crippen LogP contribution in [0.15, 0.2) is 48.5 Å². The van der Waals surface area contributed by atoms with Crippen LogP contribution in [0, 0.1) is 11.3 Å². The van der Waals surface area contributed by atoms with Crippen LogP contribution in [0.1, 0.15) is 59.7 Å². The van der Waals surface area contributed by atoms with E-state index in [1.54, 1.807) is 24.3 Å². The molecule has 1 aliphatic heterocycles. The van der Waals surface area contributed by atoms with Crippen LogP contribution in [0.4, 0.5) is 13.2 Å². The number of nitrogens with one attached hydrogen (secondary N) is 2. The number of rotatable bonds is 8. The van der Waals surface area contributed by atoms with E-state index >= 15 is 0 Å². The van der Waals surface area contributed by atoms with Crippen LogP contribution in [0.5, 0.6) is 0 Å². The Kier molecular flexibility index (Phi) is 9.13. The summed E-state index contributed by atoms with van der Waals surface area (Å²) in [6, 6.07) is 13.0. The molecule has 2 atom stereocenters. The fraction of sp³-hybridized carbons (Fsp3) is 0.483. The Balaban J connectivity index is 1.30. The number of halogens is 3. The third-order valence-electron chi connectivity index (χ3n) is 7.73. The number of hydrogen-bond donors (Lipinski definition) is 3. The zero-order chi connectivity index (χ0) is 28.9. The number of hydrogen-bond acceptors (Lipinski definition) is 6. The van der Waals surface area contributed by atoms with Gasteiger partial charge in [-0.15, -0.1) is 0 Å². The predicted molar refractivity (Wildman–Crippen MR) is 140 cm³/mol. The molecule has 2 amide bonds. The summed E-state index contributed by atoms with van der Waals surface area (Å²) >= 11 is 0. The van der Waals surface area contributed by atoms with Crippen molar-refractivity contribution in [2.75, 3.05) is 26.2 Å². The standard InChI is InChI=1S/C29H33F3N4O4/c1-2-40-25-18-36(23-10-12-28(39,13-11-23)21-8-6-19(15-33)7-9-21)17-24(25)35-26(37)16-34-27(38)20-4-3-5-22(14-20)29(30,31)32/h3-9,14,23-25,39H,2,10-13,16-18H2,1H3,(H,34,38)(H,35,37)/t23?,24?,25-,28?/m0/s1. The number of nitriles is 1. The molecule has 40 heavy (non-hydrogen) atoms. The quantitative estimate of drug-likeness (QED) is 0.458. The Morgan fingerprint density at radius 1 is 1.15 bits per heavy atom. The van der Waals surface area contributed by atoms with Crippen molar-refractivity contribution in [3.63, 3.8) is 0 Å². The SMILES string of the molecule is CCO[C@H]1CN(C2CCC(O)(c3ccc(C#N)cc3)CC2)CC1NC(=O)CNC(=O)c1cccc(C(F)(F)F)c1. The zero-order valence-electron chi connectivity index (χ0n) is 22.2. The van der Waals surface area contributed by atoms with Gasteiger partial charge in [0.2, 0.25) is 5.91 Å². The third-order valence-corrected chi connectivity index (χ3v) is 7.73. The molecule has 2 fully saturated rings. The summed E-state index contributed by atoms with van der Waals surface area (Å²) in [6.07, 6.45) is -2.19. The van der Waals surface area contributed by atoms with Crippen molar-refractivity contribution in [2.45, 2.75) is 62.6 Å². The highest BCUT2D eigenvalue weighted by Gasteiger charge is 2.42. The van der Waals surface area contributed by atoms with Gasteiger partial charge in [0, 0.05) is 31.3 Å². The minimum Gasteiger partial charge on any atom is -0.385 e. The molecule has 8 nitrogen and oxygen atoms in total. The maximum absolute atomic E-state index is 12.9. The van der Waals surface area contributed by atoms with Gasteiger partial charge in [-0.05, 0) is 68.5 Å². The number of alkyl halides is 3. The first kappa shape index (κ1) is 29.5. The van der Waals surface area contributed by atoms with Gasteiger partial charge in [0.15, 0.2) is 0 Å². The van der Waals surface area contributed by atoms with Crippen LogP contribution in [0.3, 0.4) is 0 Å². The van der Waals surface area contributed by atoms with E-state index in [0.29, 0.717) is 38.1 Å². The van der Waals surface area contributed by atoms with Gasteiger partial charge >= 0.3 is 6.18 Å². The summed E-state index contributed by atoms with van der Waals surface area (Å²) in [5.74, 6) is -1.23. The Morgan fingerprint density at radius 2 is 1.85 bits per heavy atom. The Morgan fingerprint density at radius 3 is 2.48 bits per heavy atom. The van der Waals surface area contributed by atoms with Crippen LogP contribution < -0.4 is 10.6 Å². The molecule has 1 saturated heterocycles. The van der Waals surface area contributed by atoms with Gasteiger partial charge in [-0.3, -0.25) is 14.5 Å². The topological polar surface area (TPSA) is 115 Å². The lowest BCUT2D eigenvalue weighted by atomic mass is 9.77. The fourth-order valence-corrected chi connectivity index (χ4v) is 5.57. The summed E-state index contributed by atoms with van der Waals surface area (Å²) in [5, 5.41) is 25.6. The molecule has 0 aromatic heterocycles. The Labute approximate surface area is 231 Å². The molecule has 1 saturated carbocycles.